The number of carbonyl (C=O) groups is 1. The van der Waals surface area contributed by atoms with Gasteiger partial charge in [-0.15, -0.1) is 12.4 Å². The van der Waals surface area contributed by atoms with E-state index in [0.29, 0.717) is 18.9 Å². The van der Waals surface area contributed by atoms with Crippen molar-refractivity contribution in [2.75, 3.05) is 26.2 Å². The van der Waals surface area contributed by atoms with Crippen LogP contribution in [0.4, 0.5) is 4.39 Å². The fourth-order valence-electron chi connectivity index (χ4n) is 2.38. The van der Waals surface area contributed by atoms with Crippen LogP contribution in [0.3, 0.4) is 0 Å². The van der Waals surface area contributed by atoms with Crippen molar-refractivity contribution in [2.45, 2.75) is 25.7 Å². The van der Waals surface area contributed by atoms with Gasteiger partial charge in [0.2, 0.25) is 5.91 Å². The molecule has 1 aliphatic rings. The van der Waals surface area contributed by atoms with Gasteiger partial charge < -0.3 is 15.4 Å². The molecule has 0 aliphatic carbocycles. The third kappa shape index (κ3) is 6.62. The van der Waals surface area contributed by atoms with E-state index in [4.69, 9.17) is 4.74 Å². The van der Waals surface area contributed by atoms with Crippen LogP contribution in [0.2, 0.25) is 0 Å². The quantitative estimate of drug-likeness (QED) is 0.755. The van der Waals surface area contributed by atoms with Gasteiger partial charge in [-0.2, -0.15) is 0 Å². The molecule has 1 unspecified atom stereocenters. The van der Waals surface area contributed by atoms with Crippen molar-refractivity contribution in [3.63, 3.8) is 0 Å². The molecule has 2 rings (SSSR count). The maximum atomic E-state index is 12.7. The Morgan fingerprint density at radius 3 is 2.77 bits per heavy atom. The van der Waals surface area contributed by atoms with E-state index in [1.807, 2.05) is 0 Å². The predicted octanol–water partition coefficient (Wildman–Crippen LogP) is 2.52. The molecule has 1 aromatic carbocycles. The number of carbonyl (C=O) groups excluding carboxylic acids is 1. The number of benzene rings is 1. The van der Waals surface area contributed by atoms with Gasteiger partial charge in [0.05, 0.1) is 12.5 Å². The van der Waals surface area contributed by atoms with Crippen LogP contribution in [-0.4, -0.2) is 32.1 Å². The Labute approximate surface area is 137 Å². The molecule has 2 N–H and O–H groups in total. The number of halogens is 2. The van der Waals surface area contributed by atoms with Crippen molar-refractivity contribution in [1.29, 1.82) is 0 Å². The van der Waals surface area contributed by atoms with Crippen molar-refractivity contribution >= 4 is 18.3 Å². The number of hydrogen-bond acceptors (Lipinski definition) is 3. The molecule has 1 saturated heterocycles. The first-order valence-electron chi connectivity index (χ1n) is 7.62. The van der Waals surface area contributed by atoms with Gasteiger partial charge in [-0.1, -0.05) is 0 Å². The van der Waals surface area contributed by atoms with Gasteiger partial charge in [0, 0.05) is 13.1 Å². The Balaban J connectivity index is 0.00000242. The molecule has 4 nitrogen and oxygen atoms in total. The molecular weight excluding hydrogens is 307 g/mol. The second kappa shape index (κ2) is 10.4. The standard InChI is InChI=1S/C16H23FN2O2.ClH/c17-14-5-7-15(8-6-14)21-11-2-1-10-19-16(20)13-4-3-9-18-12-13;/h5-8,13,18H,1-4,9-12H2,(H,19,20);1H. The molecule has 0 bridgehead atoms. The van der Waals surface area contributed by atoms with E-state index in [1.165, 1.54) is 12.1 Å². The first-order valence-corrected chi connectivity index (χ1v) is 7.62. The molecule has 1 amide bonds. The number of rotatable bonds is 7. The van der Waals surface area contributed by atoms with Gasteiger partial charge in [-0.25, -0.2) is 4.39 Å². The van der Waals surface area contributed by atoms with Crippen LogP contribution in [0.15, 0.2) is 24.3 Å². The molecule has 1 fully saturated rings. The highest BCUT2D eigenvalue weighted by molar-refractivity contribution is 5.85. The Morgan fingerprint density at radius 2 is 2.09 bits per heavy atom. The van der Waals surface area contributed by atoms with Crippen molar-refractivity contribution < 1.29 is 13.9 Å². The molecule has 22 heavy (non-hydrogen) atoms. The first kappa shape index (κ1) is 18.7. The SMILES string of the molecule is Cl.O=C(NCCCCOc1ccc(F)cc1)C1CCCNC1. The first-order chi connectivity index (χ1) is 10.3. The van der Waals surface area contributed by atoms with Crippen LogP contribution in [0, 0.1) is 11.7 Å². The minimum atomic E-state index is -0.262. The Morgan fingerprint density at radius 1 is 1.32 bits per heavy atom. The second-order valence-corrected chi connectivity index (χ2v) is 5.34. The third-order valence-electron chi connectivity index (χ3n) is 3.62. The highest BCUT2D eigenvalue weighted by Gasteiger charge is 2.19. The zero-order chi connectivity index (χ0) is 14.9. The number of nitrogens with one attached hydrogen (secondary N) is 2. The van der Waals surface area contributed by atoms with Gasteiger partial charge in [0.1, 0.15) is 11.6 Å². The van der Waals surface area contributed by atoms with E-state index in [9.17, 15) is 9.18 Å². The number of unbranched alkanes of at least 4 members (excludes halogenated alkanes) is 1. The summed E-state index contributed by atoms with van der Waals surface area (Å²) in [7, 11) is 0. The normalized spacial score (nSPS) is 17.4. The maximum absolute atomic E-state index is 12.7. The minimum Gasteiger partial charge on any atom is -0.494 e. The van der Waals surface area contributed by atoms with E-state index in [0.717, 1.165) is 38.8 Å². The Hall–Kier alpha value is -1.33. The fraction of sp³-hybridized carbons (Fsp3) is 0.562. The van der Waals surface area contributed by atoms with Gasteiger partial charge in [-0.3, -0.25) is 4.79 Å². The summed E-state index contributed by atoms with van der Waals surface area (Å²) in [6, 6.07) is 6.00. The molecule has 124 valence electrons. The average molecular weight is 331 g/mol. The maximum Gasteiger partial charge on any atom is 0.224 e. The van der Waals surface area contributed by atoms with Gasteiger partial charge in [0.15, 0.2) is 0 Å². The Kier molecular flexibility index (Phi) is 8.85. The molecule has 1 aromatic rings. The van der Waals surface area contributed by atoms with E-state index in [2.05, 4.69) is 10.6 Å². The lowest BCUT2D eigenvalue weighted by molar-refractivity contribution is -0.125. The topological polar surface area (TPSA) is 50.4 Å². The number of amides is 1. The van der Waals surface area contributed by atoms with E-state index < -0.39 is 0 Å². The van der Waals surface area contributed by atoms with Gasteiger partial charge in [0.25, 0.3) is 0 Å². The average Bonchev–Trinajstić information content (AvgIpc) is 2.53. The van der Waals surface area contributed by atoms with Crippen molar-refractivity contribution in [2.24, 2.45) is 5.92 Å². The second-order valence-electron chi connectivity index (χ2n) is 5.34. The zero-order valence-corrected chi connectivity index (χ0v) is 13.5. The van der Waals surface area contributed by atoms with Crippen LogP contribution in [-0.2, 0) is 4.79 Å². The molecule has 1 atom stereocenters. The van der Waals surface area contributed by atoms with Crippen LogP contribution in [0.25, 0.3) is 0 Å². The summed E-state index contributed by atoms with van der Waals surface area (Å²) in [5.41, 5.74) is 0. The summed E-state index contributed by atoms with van der Waals surface area (Å²) in [4.78, 5) is 11.9. The summed E-state index contributed by atoms with van der Waals surface area (Å²) in [6.07, 6.45) is 3.80. The monoisotopic (exact) mass is 330 g/mol. The van der Waals surface area contributed by atoms with Crippen LogP contribution in [0.1, 0.15) is 25.7 Å². The lowest BCUT2D eigenvalue weighted by atomic mass is 9.99. The van der Waals surface area contributed by atoms with Gasteiger partial charge >= 0.3 is 0 Å². The summed E-state index contributed by atoms with van der Waals surface area (Å²) in [6.45, 7) is 3.07. The fourth-order valence-corrected chi connectivity index (χ4v) is 2.38. The molecule has 6 heteroatoms. The number of hydrogen-bond donors (Lipinski definition) is 2. The van der Waals surface area contributed by atoms with Crippen LogP contribution in [0.5, 0.6) is 5.75 Å². The summed E-state index contributed by atoms with van der Waals surface area (Å²) >= 11 is 0. The predicted molar refractivity (Wildman–Crippen MR) is 87.0 cm³/mol. The number of piperidine rings is 1. The minimum absolute atomic E-state index is 0. The van der Waals surface area contributed by atoms with E-state index in [-0.39, 0.29) is 30.0 Å². The molecule has 0 radical (unpaired) electrons. The third-order valence-corrected chi connectivity index (χ3v) is 3.62. The van der Waals surface area contributed by atoms with Crippen LogP contribution >= 0.6 is 12.4 Å². The largest absolute Gasteiger partial charge is 0.494 e. The molecule has 1 heterocycles. The molecular formula is C16H24ClFN2O2. The highest BCUT2D eigenvalue weighted by Crippen LogP contribution is 2.12. The van der Waals surface area contributed by atoms with Crippen molar-refractivity contribution in [3.05, 3.63) is 30.1 Å². The Bertz CT molecular complexity index is 436. The molecule has 0 aromatic heterocycles. The summed E-state index contributed by atoms with van der Waals surface area (Å²) in [5, 5.41) is 6.22. The van der Waals surface area contributed by atoms with E-state index >= 15 is 0 Å². The summed E-state index contributed by atoms with van der Waals surface area (Å²) in [5.74, 6) is 0.687. The lowest BCUT2D eigenvalue weighted by Gasteiger charge is -2.21. The van der Waals surface area contributed by atoms with Crippen molar-refractivity contribution in [3.8, 4) is 5.75 Å². The lowest BCUT2D eigenvalue weighted by Crippen LogP contribution is -2.40. The van der Waals surface area contributed by atoms with E-state index in [1.54, 1.807) is 12.1 Å². The number of ether oxygens (including phenoxy) is 1. The van der Waals surface area contributed by atoms with Gasteiger partial charge in [-0.05, 0) is 56.5 Å². The van der Waals surface area contributed by atoms with Crippen LogP contribution < -0.4 is 15.4 Å². The summed E-state index contributed by atoms with van der Waals surface area (Å²) < 4.78 is 18.2. The highest BCUT2D eigenvalue weighted by atomic mass is 35.5. The van der Waals surface area contributed by atoms with Crippen molar-refractivity contribution in [1.82, 2.24) is 10.6 Å². The smallest absolute Gasteiger partial charge is 0.224 e. The molecule has 0 saturated carbocycles. The molecule has 0 spiro atoms. The molecule has 1 aliphatic heterocycles. The zero-order valence-electron chi connectivity index (χ0n) is 12.6.